The van der Waals surface area contributed by atoms with Gasteiger partial charge in [-0.25, -0.2) is 4.99 Å². The number of ether oxygens (including phenoxy) is 1. The maximum Gasteiger partial charge on any atom is 0.223 e. The van der Waals surface area contributed by atoms with Crippen molar-refractivity contribution >= 4 is 17.6 Å². The summed E-state index contributed by atoms with van der Waals surface area (Å²) < 4.78 is 5.04. The Morgan fingerprint density at radius 2 is 1.76 bits per heavy atom. The standard InChI is InChI=1S/C11H17N5O/c1-16(2)11(13)15-10(12)14-8-4-6-9(17-3)7-5-8/h4-7H,1-3H3,(H4,12,13,14,15). The third-order valence-electron chi connectivity index (χ3n) is 2.00. The monoisotopic (exact) mass is 235 g/mol. The highest BCUT2D eigenvalue weighted by Crippen LogP contribution is 2.17. The number of nitrogens with two attached hydrogens (primary N) is 2. The Kier molecular flexibility index (Phi) is 4.33. The molecule has 6 nitrogen and oxygen atoms in total. The first kappa shape index (κ1) is 12.8. The molecule has 1 rings (SSSR count). The summed E-state index contributed by atoms with van der Waals surface area (Å²) in [6.45, 7) is 0. The minimum Gasteiger partial charge on any atom is -0.497 e. The molecule has 0 radical (unpaired) electrons. The lowest BCUT2D eigenvalue weighted by atomic mass is 10.3. The lowest BCUT2D eigenvalue weighted by Gasteiger charge is -2.09. The largest absolute Gasteiger partial charge is 0.497 e. The van der Waals surface area contributed by atoms with Crippen molar-refractivity contribution < 1.29 is 4.74 Å². The van der Waals surface area contributed by atoms with Gasteiger partial charge in [-0.3, -0.25) is 0 Å². The van der Waals surface area contributed by atoms with Gasteiger partial charge < -0.3 is 21.1 Å². The number of hydrogen-bond acceptors (Lipinski definition) is 2. The van der Waals surface area contributed by atoms with Crippen molar-refractivity contribution in [3.63, 3.8) is 0 Å². The smallest absolute Gasteiger partial charge is 0.223 e. The SMILES string of the molecule is COc1ccc(N=C(N)/N=C(\N)N(C)C)cc1. The fourth-order valence-corrected chi connectivity index (χ4v) is 1.03. The predicted molar refractivity (Wildman–Crippen MR) is 69.6 cm³/mol. The highest BCUT2D eigenvalue weighted by molar-refractivity contribution is 5.94. The molecule has 6 heteroatoms. The van der Waals surface area contributed by atoms with Crippen LogP contribution in [0.1, 0.15) is 0 Å². The quantitative estimate of drug-likeness (QED) is 0.577. The molecule has 92 valence electrons. The molecule has 0 fully saturated rings. The molecule has 0 spiro atoms. The summed E-state index contributed by atoms with van der Waals surface area (Å²) in [6, 6.07) is 7.16. The molecule has 0 aliphatic carbocycles. The minimum atomic E-state index is 0.112. The van der Waals surface area contributed by atoms with Gasteiger partial charge in [-0.05, 0) is 24.3 Å². The molecule has 0 heterocycles. The number of aliphatic imine (C=N–C) groups is 2. The Morgan fingerprint density at radius 3 is 2.24 bits per heavy atom. The molecule has 0 saturated heterocycles. The van der Waals surface area contributed by atoms with Crippen molar-refractivity contribution in [3.05, 3.63) is 24.3 Å². The minimum absolute atomic E-state index is 0.112. The van der Waals surface area contributed by atoms with Crippen LogP contribution in [-0.4, -0.2) is 38.0 Å². The van der Waals surface area contributed by atoms with Crippen molar-refractivity contribution in [1.82, 2.24) is 4.90 Å². The van der Waals surface area contributed by atoms with E-state index in [2.05, 4.69) is 9.98 Å². The lowest BCUT2D eigenvalue weighted by molar-refractivity contribution is 0.415. The average Bonchev–Trinajstić information content (AvgIpc) is 2.29. The Hall–Kier alpha value is -2.24. The zero-order valence-corrected chi connectivity index (χ0v) is 10.2. The van der Waals surface area contributed by atoms with E-state index in [1.807, 2.05) is 0 Å². The van der Waals surface area contributed by atoms with E-state index in [1.165, 1.54) is 0 Å². The number of hydrogen-bond donors (Lipinski definition) is 2. The predicted octanol–water partition coefficient (Wildman–Crippen LogP) is 0.518. The van der Waals surface area contributed by atoms with E-state index in [9.17, 15) is 0 Å². The van der Waals surface area contributed by atoms with Crippen LogP contribution in [0.4, 0.5) is 5.69 Å². The maximum absolute atomic E-state index is 5.64. The molecule has 0 aliphatic rings. The Balaban J connectivity index is 2.83. The molecule has 1 aromatic rings. The summed E-state index contributed by atoms with van der Waals surface area (Å²) in [5, 5.41) is 0. The topological polar surface area (TPSA) is 89.2 Å². The second-order valence-electron chi connectivity index (χ2n) is 3.53. The summed E-state index contributed by atoms with van der Waals surface area (Å²) in [5.41, 5.74) is 11.9. The van der Waals surface area contributed by atoms with Crippen molar-refractivity contribution in [1.29, 1.82) is 0 Å². The number of rotatable bonds is 2. The van der Waals surface area contributed by atoms with E-state index >= 15 is 0 Å². The van der Waals surface area contributed by atoms with Crippen LogP contribution < -0.4 is 16.2 Å². The van der Waals surface area contributed by atoms with Crippen molar-refractivity contribution in [3.8, 4) is 5.75 Å². The molecular formula is C11H17N5O. The van der Waals surface area contributed by atoms with Crippen LogP contribution in [0.2, 0.25) is 0 Å². The summed E-state index contributed by atoms with van der Waals surface area (Å²) in [6.07, 6.45) is 0. The van der Waals surface area contributed by atoms with Crippen LogP contribution in [0, 0.1) is 0 Å². The first-order valence-electron chi connectivity index (χ1n) is 5.02. The van der Waals surface area contributed by atoms with Crippen molar-refractivity contribution in [2.75, 3.05) is 21.2 Å². The van der Waals surface area contributed by atoms with Gasteiger partial charge in [0.2, 0.25) is 5.96 Å². The van der Waals surface area contributed by atoms with E-state index in [0.29, 0.717) is 11.6 Å². The normalized spacial score (nSPS) is 12.4. The van der Waals surface area contributed by atoms with Crippen LogP contribution in [0.3, 0.4) is 0 Å². The van der Waals surface area contributed by atoms with E-state index in [1.54, 1.807) is 50.4 Å². The zero-order valence-electron chi connectivity index (χ0n) is 10.2. The summed E-state index contributed by atoms with van der Waals surface area (Å²) in [7, 11) is 5.16. The van der Waals surface area contributed by atoms with Gasteiger partial charge in [-0.2, -0.15) is 4.99 Å². The van der Waals surface area contributed by atoms with Gasteiger partial charge in [0.1, 0.15) is 5.75 Å². The number of benzene rings is 1. The fourth-order valence-electron chi connectivity index (χ4n) is 1.03. The van der Waals surface area contributed by atoms with Gasteiger partial charge >= 0.3 is 0 Å². The highest BCUT2D eigenvalue weighted by atomic mass is 16.5. The molecule has 17 heavy (non-hydrogen) atoms. The molecule has 0 aromatic heterocycles. The van der Waals surface area contributed by atoms with Gasteiger partial charge in [-0.15, -0.1) is 0 Å². The number of nitrogens with zero attached hydrogens (tertiary/aromatic N) is 3. The van der Waals surface area contributed by atoms with Crippen LogP contribution in [-0.2, 0) is 0 Å². The molecule has 0 aliphatic heterocycles. The second-order valence-corrected chi connectivity index (χ2v) is 3.53. The molecule has 0 atom stereocenters. The average molecular weight is 235 g/mol. The molecular weight excluding hydrogens is 218 g/mol. The molecule has 0 amide bonds. The van der Waals surface area contributed by atoms with Crippen molar-refractivity contribution in [2.45, 2.75) is 0 Å². The summed E-state index contributed by atoms with van der Waals surface area (Å²) in [4.78, 5) is 9.68. The third kappa shape index (κ3) is 4.02. The van der Waals surface area contributed by atoms with E-state index in [4.69, 9.17) is 16.2 Å². The fraction of sp³-hybridized carbons (Fsp3) is 0.273. The van der Waals surface area contributed by atoms with Crippen LogP contribution in [0.5, 0.6) is 5.75 Å². The Bertz CT molecular complexity index is 422. The van der Waals surface area contributed by atoms with Gasteiger partial charge in [0.05, 0.1) is 12.8 Å². The summed E-state index contributed by atoms with van der Waals surface area (Å²) in [5.74, 6) is 1.18. The first-order chi connectivity index (χ1) is 8.02. The lowest BCUT2D eigenvalue weighted by Crippen LogP contribution is -2.32. The van der Waals surface area contributed by atoms with Crippen LogP contribution in [0.15, 0.2) is 34.3 Å². The maximum atomic E-state index is 5.64. The second kappa shape index (κ2) is 5.74. The zero-order chi connectivity index (χ0) is 12.8. The molecule has 0 saturated carbocycles. The molecule has 0 unspecified atom stereocenters. The van der Waals surface area contributed by atoms with Gasteiger partial charge in [-0.1, -0.05) is 0 Å². The van der Waals surface area contributed by atoms with E-state index in [-0.39, 0.29) is 5.96 Å². The van der Waals surface area contributed by atoms with Crippen LogP contribution >= 0.6 is 0 Å². The highest BCUT2D eigenvalue weighted by Gasteiger charge is 1.97. The number of guanidine groups is 2. The Labute approximate surface area is 101 Å². The molecule has 0 bridgehead atoms. The Morgan fingerprint density at radius 1 is 1.18 bits per heavy atom. The van der Waals surface area contributed by atoms with Gasteiger partial charge in [0.15, 0.2) is 5.96 Å². The van der Waals surface area contributed by atoms with E-state index in [0.717, 1.165) is 5.75 Å². The molecule has 1 aromatic carbocycles. The van der Waals surface area contributed by atoms with Gasteiger partial charge in [0, 0.05) is 14.1 Å². The first-order valence-corrected chi connectivity index (χ1v) is 5.02. The third-order valence-corrected chi connectivity index (χ3v) is 2.00. The van der Waals surface area contributed by atoms with Crippen LogP contribution in [0.25, 0.3) is 0 Å². The number of methoxy groups -OCH3 is 1. The van der Waals surface area contributed by atoms with Gasteiger partial charge in [0.25, 0.3) is 0 Å². The summed E-state index contributed by atoms with van der Waals surface area (Å²) >= 11 is 0. The molecule has 4 N–H and O–H groups in total. The van der Waals surface area contributed by atoms with Crippen molar-refractivity contribution in [2.24, 2.45) is 21.5 Å². The van der Waals surface area contributed by atoms with E-state index < -0.39 is 0 Å².